The zero-order chi connectivity index (χ0) is 25.9. The molecule has 5 aromatic rings. The molecule has 0 radical (unpaired) electrons. The summed E-state index contributed by atoms with van der Waals surface area (Å²) in [5.74, 6) is 0.361. The van der Waals surface area contributed by atoms with E-state index in [1.54, 1.807) is 21.4 Å². The third-order valence-electron chi connectivity index (χ3n) is 6.40. The number of aromatic nitrogens is 7. The molecule has 0 unspecified atom stereocenters. The fourth-order valence-electron chi connectivity index (χ4n) is 4.63. The number of carbonyl (C=O) groups is 1. The first-order valence-corrected chi connectivity index (χ1v) is 12.2. The highest BCUT2D eigenvalue weighted by molar-refractivity contribution is 5.98. The van der Waals surface area contributed by atoms with Gasteiger partial charge >= 0.3 is 5.69 Å². The second-order valence-corrected chi connectivity index (χ2v) is 8.97. The van der Waals surface area contributed by atoms with Crippen LogP contribution in [-0.4, -0.2) is 40.5 Å². The highest BCUT2D eigenvalue weighted by Gasteiger charge is 2.18. The Bertz CT molecular complexity index is 1610. The molecule has 9 heteroatoms. The van der Waals surface area contributed by atoms with Crippen LogP contribution >= 0.6 is 0 Å². The summed E-state index contributed by atoms with van der Waals surface area (Å²) in [5, 5.41) is 14.2. The molecule has 0 aliphatic rings. The molecule has 0 saturated carbocycles. The van der Waals surface area contributed by atoms with Gasteiger partial charge in [0.15, 0.2) is 5.78 Å². The van der Waals surface area contributed by atoms with E-state index in [0.29, 0.717) is 29.3 Å². The lowest BCUT2D eigenvalue weighted by Gasteiger charge is -2.11. The van der Waals surface area contributed by atoms with Gasteiger partial charge in [-0.05, 0) is 54.3 Å². The van der Waals surface area contributed by atoms with E-state index in [1.807, 2.05) is 61.7 Å². The second kappa shape index (κ2) is 10.1. The third-order valence-corrected chi connectivity index (χ3v) is 6.40. The Balaban J connectivity index is 1.51. The Morgan fingerprint density at radius 2 is 1.86 bits per heavy atom. The van der Waals surface area contributed by atoms with Crippen LogP contribution in [0.3, 0.4) is 0 Å². The zero-order valence-corrected chi connectivity index (χ0v) is 21.0. The molecule has 0 aliphatic heterocycles. The number of imidazole rings is 1. The molecule has 5 rings (SSSR count). The van der Waals surface area contributed by atoms with Gasteiger partial charge in [0.1, 0.15) is 5.69 Å². The number of pyridine rings is 1. The number of rotatable bonds is 8. The minimum Gasteiger partial charge on any atom is -0.294 e. The Hall–Kier alpha value is -4.66. The molecule has 3 heterocycles. The zero-order valence-electron chi connectivity index (χ0n) is 21.0. The van der Waals surface area contributed by atoms with Gasteiger partial charge in [-0.2, -0.15) is 5.21 Å². The summed E-state index contributed by atoms with van der Waals surface area (Å²) in [5.41, 5.74) is 6.33. The first-order chi connectivity index (χ1) is 18.0. The van der Waals surface area contributed by atoms with Crippen LogP contribution in [0, 0.1) is 6.92 Å². The fourth-order valence-corrected chi connectivity index (χ4v) is 4.63. The van der Waals surface area contributed by atoms with Crippen molar-refractivity contribution in [3.8, 4) is 28.3 Å². The van der Waals surface area contributed by atoms with Gasteiger partial charge in [0.2, 0.25) is 5.82 Å². The van der Waals surface area contributed by atoms with Crippen LogP contribution < -0.4 is 5.69 Å². The molecular formula is C28H27N7O2. The third kappa shape index (κ3) is 4.63. The summed E-state index contributed by atoms with van der Waals surface area (Å²) in [6.07, 6.45) is 5.23. The molecule has 0 spiro atoms. The van der Waals surface area contributed by atoms with Gasteiger partial charge in [0.25, 0.3) is 0 Å². The average molecular weight is 494 g/mol. The molecule has 0 atom stereocenters. The smallest absolute Gasteiger partial charge is 0.294 e. The number of nitrogens with zero attached hydrogens (tertiary/aromatic N) is 6. The predicted molar refractivity (Wildman–Crippen MR) is 141 cm³/mol. The molecule has 9 nitrogen and oxygen atoms in total. The number of hydrogen-bond acceptors (Lipinski definition) is 6. The van der Waals surface area contributed by atoms with Crippen molar-refractivity contribution < 1.29 is 4.79 Å². The molecule has 37 heavy (non-hydrogen) atoms. The molecule has 0 saturated heterocycles. The highest BCUT2D eigenvalue weighted by Crippen LogP contribution is 2.28. The Kier molecular flexibility index (Phi) is 6.59. The number of carbonyl (C=O) groups excluding carboxylic acids is 1. The van der Waals surface area contributed by atoms with E-state index >= 15 is 0 Å². The molecule has 0 fully saturated rings. The summed E-state index contributed by atoms with van der Waals surface area (Å²) in [7, 11) is 0. The van der Waals surface area contributed by atoms with Crippen molar-refractivity contribution in [3.63, 3.8) is 0 Å². The van der Waals surface area contributed by atoms with Crippen LogP contribution in [0.15, 0.2) is 71.8 Å². The van der Waals surface area contributed by atoms with E-state index < -0.39 is 0 Å². The van der Waals surface area contributed by atoms with Crippen LogP contribution in [0.1, 0.15) is 47.4 Å². The van der Waals surface area contributed by atoms with Crippen molar-refractivity contribution in [1.29, 1.82) is 0 Å². The van der Waals surface area contributed by atoms with Crippen molar-refractivity contribution in [3.05, 3.63) is 99.9 Å². The number of hydrogen-bond donors (Lipinski definition) is 1. The van der Waals surface area contributed by atoms with Crippen LogP contribution in [0.4, 0.5) is 0 Å². The summed E-state index contributed by atoms with van der Waals surface area (Å²) < 4.78 is 3.42. The standard InChI is InChI=1S/C28H27N7O2/c1-4-7-22-17-35(26-18(2)8-5-9-23(26)19(3)36)28(37)34(22)16-20-11-13-21(14-12-20)24-10-6-15-29-25(24)27-30-32-33-31-27/h5-6,8-15,17H,4,7,16H2,1-3H3,(H,30,31,32,33). The van der Waals surface area contributed by atoms with Crippen molar-refractivity contribution in [2.45, 2.75) is 40.2 Å². The largest absolute Gasteiger partial charge is 0.333 e. The van der Waals surface area contributed by atoms with E-state index in [9.17, 15) is 9.59 Å². The lowest BCUT2D eigenvalue weighted by atomic mass is 10.0. The van der Waals surface area contributed by atoms with Crippen LogP contribution in [0.25, 0.3) is 28.3 Å². The van der Waals surface area contributed by atoms with Crippen LogP contribution in [0.2, 0.25) is 0 Å². The van der Waals surface area contributed by atoms with E-state index in [4.69, 9.17) is 0 Å². The molecule has 0 aliphatic carbocycles. The van der Waals surface area contributed by atoms with Crippen molar-refractivity contribution in [1.82, 2.24) is 34.7 Å². The van der Waals surface area contributed by atoms with Gasteiger partial charge in [0, 0.05) is 29.2 Å². The number of Topliss-reactive ketones (excluding diaryl/α,β-unsaturated/α-hetero) is 1. The number of nitrogens with one attached hydrogen (secondary N) is 1. The van der Waals surface area contributed by atoms with Crippen molar-refractivity contribution >= 4 is 5.78 Å². The number of aryl methyl sites for hydroxylation is 2. The summed E-state index contributed by atoms with van der Waals surface area (Å²) >= 11 is 0. The number of H-pyrrole nitrogens is 1. The lowest BCUT2D eigenvalue weighted by Crippen LogP contribution is -2.26. The fraction of sp³-hybridized carbons (Fsp3) is 0.214. The van der Waals surface area contributed by atoms with Gasteiger partial charge in [0.05, 0.1) is 12.2 Å². The predicted octanol–water partition coefficient (Wildman–Crippen LogP) is 4.39. The Morgan fingerprint density at radius 1 is 1.05 bits per heavy atom. The highest BCUT2D eigenvalue weighted by atomic mass is 16.2. The maximum atomic E-state index is 13.6. The monoisotopic (exact) mass is 493 g/mol. The quantitative estimate of drug-likeness (QED) is 0.321. The van der Waals surface area contributed by atoms with Crippen LogP contribution in [-0.2, 0) is 13.0 Å². The SMILES string of the molecule is CCCc1cn(-c2c(C)cccc2C(C)=O)c(=O)n1Cc1ccc(-c2cccnc2-c2nn[nH]n2)cc1. The number of ketones is 1. The molecule has 2 aromatic carbocycles. The molecule has 1 N–H and O–H groups in total. The minimum atomic E-state index is -0.157. The number of aromatic amines is 1. The Morgan fingerprint density at radius 3 is 2.57 bits per heavy atom. The summed E-state index contributed by atoms with van der Waals surface area (Å²) in [6.45, 7) is 5.96. The molecule has 0 amide bonds. The average Bonchev–Trinajstić information content (AvgIpc) is 3.54. The molecule has 186 valence electrons. The van der Waals surface area contributed by atoms with E-state index in [-0.39, 0.29) is 11.5 Å². The summed E-state index contributed by atoms with van der Waals surface area (Å²) in [4.78, 5) is 30.4. The van der Waals surface area contributed by atoms with Gasteiger partial charge in [-0.25, -0.2) is 4.79 Å². The molecule has 3 aromatic heterocycles. The van der Waals surface area contributed by atoms with Crippen molar-refractivity contribution in [2.24, 2.45) is 0 Å². The topological polar surface area (TPSA) is 111 Å². The molecular weight excluding hydrogens is 466 g/mol. The Labute approximate surface area is 213 Å². The van der Waals surface area contributed by atoms with Crippen LogP contribution in [0.5, 0.6) is 0 Å². The summed E-state index contributed by atoms with van der Waals surface area (Å²) in [6, 6.07) is 17.4. The van der Waals surface area contributed by atoms with E-state index in [0.717, 1.165) is 40.8 Å². The lowest BCUT2D eigenvalue weighted by molar-refractivity contribution is 0.101. The molecule has 0 bridgehead atoms. The number of para-hydroxylation sites is 1. The van der Waals surface area contributed by atoms with Gasteiger partial charge < -0.3 is 0 Å². The maximum absolute atomic E-state index is 13.6. The maximum Gasteiger partial charge on any atom is 0.333 e. The van der Waals surface area contributed by atoms with Crippen molar-refractivity contribution in [2.75, 3.05) is 0 Å². The van der Waals surface area contributed by atoms with Gasteiger partial charge in [-0.3, -0.25) is 18.9 Å². The first kappa shape index (κ1) is 24.1. The van der Waals surface area contributed by atoms with E-state index in [1.165, 1.54) is 6.92 Å². The normalized spacial score (nSPS) is 11.1. The van der Waals surface area contributed by atoms with Gasteiger partial charge in [-0.1, -0.05) is 55.8 Å². The van der Waals surface area contributed by atoms with Gasteiger partial charge in [-0.15, -0.1) is 10.2 Å². The number of tetrazole rings is 1. The number of benzene rings is 2. The first-order valence-electron chi connectivity index (χ1n) is 12.2. The second-order valence-electron chi connectivity index (χ2n) is 8.97. The minimum absolute atomic E-state index is 0.0680. The van der Waals surface area contributed by atoms with E-state index in [2.05, 4.69) is 32.5 Å².